The Morgan fingerprint density at radius 2 is 1.88 bits per heavy atom. The zero-order valence-corrected chi connectivity index (χ0v) is 13.7. The van der Waals surface area contributed by atoms with Crippen molar-refractivity contribution in [3.05, 3.63) is 77.7 Å². The molecule has 0 aliphatic carbocycles. The summed E-state index contributed by atoms with van der Waals surface area (Å²) < 4.78 is 31.3. The number of ether oxygens (including phenoxy) is 1. The molecule has 1 aliphatic rings. The Labute approximate surface area is 141 Å². The maximum absolute atomic E-state index is 12.3. The number of sulfonamides is 1. The third-order valence-electron chi connectivity index (χ3n) is 3.54. The van der Waals surface area contributed by atoms with Gasteiger partial charge < -0.3 is 4.74 Å². The molecule has 0 unspecified atom stereocenters. The van der Waals surface area contributed by atoms with Crippen molar-refractivity contribution in [3.63, 3.8) is 0 Å². The van der Waals surface area contributed by atoms with Crippen LogP contribution in [0.2, 0.25) is 0 Å². The smallest absolute Gasteiger partial charge is 0.257 e. The van der Waals surface area contributed by atoms with E-state index in [4.69, 9.17) is 4.74 Å². The monoisotopic (exact) mass is 343 g/mol. The SMILES string of the molecule is C=CS(=O)(=O)N(Cc1ccc(C2=NNCO2)cc1)c1ccccc1. The van der Waals surface area contributed by atoms with Gasteiger partial charge >= 0.3 is 0 Å². The molecular formula is C17H17N3O3S. The first-order valence-corrected chi connectivity index (χ1v) is 8.83. The van der Waals surface area contributed by atoms with Crippen LogP contribution >= 0.6 is 0 Å². The maximum Gasteiger partial charge on any atom is 0.257 e. The molecule has 0 aromatic heterocycles. The number of hydrogen-bond acceptors (Lipinski definition) is 5. The van der Waals surface area contributed by atoms with E-state index in [1.54, 1.807) is 24.3 Å². The first-order chi connectivity index (χ1) is 11.6. The van der Waals surface area contributed by atoms with E-state index < -0.39 is 10.0 Å². The van der Waals surface area contributed by atoms with E-state index in [9.17, 15) is 8.42 Å². The summed E-state index contributed by atoms with van der Waals surface area (Å²) in [6.07, 6.45) is 0. The summed E-state index contributed by atoms with van der Waals surface area (Å²) in [6, 6.07) is 16.4. The van der Waals surface area contributed by atoms with Crippen molar-refractivity contribution < 1.29 is 13.2 Å². The quantitative estimate of drug-likeness (QED) is 0.874. The highest BCUT2D eigenvalue weighted by Crippen LogP contribution is 2.22. The average Bonchev–Trinajstić information content (AvgIpc) is 3.15. The number of benzene rings is 2. The topological polar surface area (TPSA) is 71.0 Å². The van der Waals surface area contributed by atoms with Crippen molar-refractivity contribution in [2.45, 2.75) is 6.54 Å². The Hall–Kier alpha value is -2.80. The first kappa shape index (κ1) is 16.1. The highest BCUT2D eigenvalue weighted by molar-refractivity contribution is 7.95. The number of para-hydroxylation sites is 1. The van der Waals surface area contributed by atoms with E-state index in [-0.39, 0.29) is 6.54 Å². The van der Waals surface area contributed by atoms with Crippen LogP contribution in [0.5, 0.6) is 0 Å². The van der Waals surface area contributed by atoms with Crippen LogP contribution in [-0.2, 0) is 21.3 Å². The second kappa shape index (κ2) is 6.76. The van der Waals surface area contributed by atoms with Crippen LogP contribution in [0, 0.1) is 0 Å². The zero-order chi connectivity index (χ0) is 17.0. The fourth-order valence-corrected chi connectivity index (χ4v) is 3.24. The fraction of sp³-hybridized carbons (Fsp3) is 0.118. The third-order valence-corrected chi connectivity index (χ3v) is 4.92. The predicted molar refractivity (Wildman–Crippen MR) is 93.8 cm³/mol. The normalized spacial score (nSPS) is 13.6. The largest absolute Gasteiger partial charge is 0.454 e. The van der Waals surface area contributed by atoms with Gasteiger partial charge in [0.05, 0.1) is 12.2 Å². The van der Waals surface area contributed by atoms with E-state index in [1.807, 2.05) is 30.3 Å². The Morgan fingerprint density at radius 1 is 1.17 bits per heavy atom. The zero-order valence-electron chi connectivity index (χ0n) is 12.9. The van der Waals surface area contributed by atoms with Crippen LogP contribution < -0.4 is 9.73 Å². The van der Waals surface area contributed by atoms with Gasteiger partial charge in [-0.2, -0.15) is 0 Å². The summed E-state index contributed by atoms with van der Waals surface area (Å²) in [7, 11) is -3.60. The summed E-state index contributed by atoms with van der Waals surface area (Å²) in [5.74, 6) is 0.528. The number of anilines is 1. The molecular weight excluding hydrogens is 326 g/mol. The number of rotatable bonds is 6. The van der Waals surface area contributed by atoms with Crippen molar-refractivity contribution in [1.82, 2.24) is 5.43 Å². The van der Waals surface area contributed by atoms with Gasteiger partial charge in [-0.25, -0.2) is 8.42 Å². The summed E-state index contributed by atoms with van der Waals surface area (Å²) in [5.41, 5.74) is 5.01. The molecule has 7 heteroatoms. The average molecular weight is 343 g/mol. The van der Waals surface area contributed by atoms with Gasteiger partial charge in [-0.1, -0.05) is 36.9 Å². The second-order valence-electron chi connectivity index (χ2n) is 5.11. The lowest BCUT2D eigenvalue weighted by molar-refractivity contribution is 0.316. The van der Waals surface area contributed by atoms with Gasteiger partial charge in [0.1, 0.15) is 0 Å². The minimum atomic E-state index is -3.60. The Balaban J connectivity index is 1.86. The van der Waals surface area contributed by atoms with E-state index >= 15 is 0 Å². The molecule has 0 saturated heterocycles. The van der Waals surface area contributed by atoms with Gasteiger partial charge in [0.25, 0.3) is 10.0 Å². The predicted octanol–water partition coefficient (Wildman–Crippen LogP) is 2.41. The molecule has 1 N–H and O–H groups in total. The minimum absolute atomic E-state index is 0.213. The highest BCUT2D eigenvalue weighted by Gasteiger charge is 2.19. The van der Waals surface area contributed by atoms with Crippen LogP contribution in [0.1, 0.15) is 11.1 Å². The summed E-state index contributed by atoms with van der Waals surface area (Å²) in [4.78, 5) is 0. The molecule has 0 amide bonds. The lowest BCUT2D eigenvalue weighted by Crippen LogP contribution is -2.28. The van der Waals surface area contributed by atoms with E-state index in [0.717, 1.165) is 16.5 Å². The van der Waals surface area contributed by atoms with Gasteiger partial charge in [-0.05, 0) is 29.8 Å². The van der Waals surface area contributed by atoms with Crippen LogP contribution in [0.25, 0.3) is 0 Å². The molecule has 1 heterocycles. The molecule has 2 aromatic carbocycles. The van der Waals surface area contributed by atoms with Gasteiger partial charge in [0.15, 0.2) is 6.73 Å². The standard InChI is InChI=1S/C17H17N3O3S/c1-2-24(21,22)20(16-6-4-3-5-7-16)12-14-8-10-15(11-9-14)17-19-18-13-23-17/h2-11,18H,1,12-13H2. The highest BCUT2D eigenvalue weighted by atomic mass is 32.2. The van der Waals surface area contributed by atoms with Crippen LogP contribution in [0.4, 0.5) is 5.69 Å². The lowest BCUT2D eigenvalue weighted by Gasteiger charge is -2.22. The fourth-order valence-electron chi connectivity index (χ4n) is 2.32. The Bertz CT molecular complexity index is 846. The van der Waals surface area contributed by atoms with Gasteiger partial charge in [-0.3, -0.25) is 9.73 Å². The van der Waals surface area contributed by atoms with Crippen LogP contribution in [0.15, 0.2) is 71.7 Å². The van der Waals surface area contributed by atoms with E-state index in [0.29, 0.717) is 18.3 Å². The van der Waals surface area contributed by atoms with Crippen LogP contribution in [-0.4, -0.2) is 21.0 Å². The van der Waals surface area contributed by atoms with Crippen LogP contribution in [0.3, 0.4) is 0 Å². The number of nitrogens with one attached hydrogen (secondary N) is 1. The van der Waals surface area contributed by atoms with Crippen molar-refractivity contribution in [3.8, 4) is 0 Å². The maximum atomic E-state index is 12.3. The number of nitrogens with zero attached hydrogens (tertiary/aromatic N) is 2. The molecule has 0 spiro atoms. The summed E-state index contributed by atoms with van der Waals surface area (Å²) in [6.45, 7) is 3.99. The summed E-state index contributed by atoms with van der Waals surface area (Å²) >= 11 is 0. The molecule has 0 radical (unpaired) electrons. The van der Waals surface area contributed by atoms with E-state index in [1.165, 1.54) is 4.31 Å². The Morgan fingerprint density at radius 3 is 2.46 bits per heavy atom. The number of hydrogen-bond donors (Lipinski definition) is 1. The molecule has 0 bridgehead atoms. The molecule has 6 nitrogen and oxygen atoms in total. The van der Waals surface area contributed by atoms with Gasteiger partial charge in [-0.15, -0.1) is 5.10 Å². The molecule has 1 aliphatic heterocycles. The van der Waals surface area contributed by atoms with Crippen molar-refractivity contribution in [2.75, 3.05) is 11.0 Å². The Kier molecular flexibility index (Phi) is 4.52. The molecule has 0 saturated carbocycles. The molecule has 24 heavy (non-hydrogen) atoms. The molecule has 0 fully saturated rings. The van der Waals surface area contributed by atoms with Gasteiger partial charge in [0, 0.05) is 11.0 Å². The second-order valence-corrected chi connectivity index (χ2v) is 6.92. The van der Waals surface area contributed by atoms with E-state index in [2.05, 4.69) is 17.1 Å². The third kappa shape index (κ3) is 3.41. The lowest BCUT2D eigenvalue weighted by atomic mass is 10.1. The van der Waals surface area contributed by atoms with Crippen molar-refractivity contribution >= 4 is 21.6 Å². The molecule has 124 valence electrons. The van der Waals surface area contributed by atoms with Gasteiger partial charge in [0.2, 0.25) is 5.90 Å². The molecule has 2 aromatic rings. The minimum Gasteiger partial charge on any atom is -0.454 e. The number of hydrazone groups is 1. The van der Waals surface area contributed by atoms with Crippen molar-refractivity contribution in [1.29, 1.82) is 0 Å². The van der Waals surface area contributed by atoms with Crippen molar-refractivity contribution in [2.24, 2.45) is 5.10 Å². The first-order valence-electron chi connectivity index (χ1n) is 7.33. The molecule has 3 rings (SSSR count). The molecule has 0 atom stereocenters. The summed E-state index contributed by atoms with van der Waals surface area (Å²) in [5, 5.41) is 4.98.